The molecule has 0 bridgehead atoms. The van der Waals surface area contributed by atoms with E-state index in [2.05, 4.69) is 20.7 Å². The molecule has 21 heavy (non-hydrogen) atoms. The van der Waals surface area contributed by atoms with E-state index in [1.54, 1.807) is 4.90 Å². The van der Waals surface area contributed by atoms with Crippen molar-refractivity contribution in [1.29, 1.82) is 0 Å². The smallest absolute Gasteiger partial charge is 0.307 e. The molecule has 4 nitrogen and oxygen atoms in total. The van der Waals surface area contributed by atoms with Crippen LogP contribution in [0.4, 0.5) is 4.39 Å². The van der Waals surface area contributed by atoms with Crippen LogP contribution in [0.15, 0.2) is 22.7 Å². The Morgan fingerprint density at radius 2 is 2.19 bits per heavy atom. The highest BCUT2D eigenvalue weighted by molar-refractivity contribution is 9.10. The number of piperidine rings is 1. The van der Waals surface area contributed by atoms with Crippen LogP contribution in [0.5, 0.6) is 0 Å². The molecule has 0 radical (unpaired) electrons. The molecule has 0 spiro atoms. The topological polar surface area (TPSA) is 46.6 Å². The fraction of sp³-hybridized carbons (Fsp3) is 0.467. The van der Waals surface area contributed by atoms with E-state index in [1.165, 1.54) is 25.3 Å². The first kappa shape index (κ1) is 15.9. The van der Waals surface area contributed by atoms with Crippen LogP contribution in [0.3, 0.4) is 0 Å². The van der Waals surface area contributed by atoms with Crippen molar-refractivity contribution in [3.05, 3.63) is 34.1 Å². The number of esters is 1. The molecule has 1 aromatic rings. The molecule has 1 amide bonds. The molecule has 1 atom stereocenters. The molecule has 1 fully saturated rings. The van der Waals surface area contributed by atoms with E-state index in [0.717, 1.165) is 19.3 Å². The number of amides is 1. The predicted molar refractivity (Wildman–Crippen MR) is 79.4 cm³/mol. The average molecular weight is 358 g/mol. The number of benzene rings is 1. The lowest BCUT2D eigenvalue weighted by atomic mass is 9.98. The minimum absolute atomic E-state index is 0.150. The molecule has 6 heteroatoms. The Kier molecular flexibility index (Phi) is 5.33. The molecule has 1 heterocycles. The molecule has 2 rings (SSSR count). The molecule has 1 aliphatic rings. The summed E-state index contributed by atoms with van der Waals surface area (Å²) in [4.78, 5) is 25.7. The number of carbonyl (C=O) groups excluding carboxylic acids is 2. The molecule has 1 aromatic carbocycles. The van der Waals surface area contributed by atoms with Crippen molar-refractivity contribution >= 4 is 27.8 Å². The van der Waals surface area contributed by atoms with Crippen LogP contribution in [0.25, 0.3) is 0 Å². The Morgan fingerprint density at radius 3 is 2.86 bits per heavy atom. The van der Waals surface area contributed by atoms with Crippen molar-refractivity contribution in [2.75, 3.05) is 13.7 Å². The number of rotatable bonds is 3. The van der Waals surface area contributed by atoms with Gasteiger partial charge in [-0.2, -0.15) is 0 Å². The number of hydrogen-bond donors (Lipinski definition) is 0. The summed E-state index contributed by atoms with van der Waals surface area (Å²) in [6.45, 7) is 0.607. The fourth-order valence-corrected chi connectivity index (χ4v) is 2.93. The first-order valence-corrected chi connectivity index (χ1v) is 7.65. The van der Waals surface area contributed by atoms with Gasteiger partial charge in [-0.3, -0.25) is 9.59 Å². The zero-order valence-electron chi connectivity index (χ0n) is 11.8. The number of hydrogen-bond acceptors (Lipinski definition) is 3. The van der Waals surface area contributed by atoms with Gasteiger partial charge in [0.2, 0.25) is 0 Å². The molecule has 114 valence electrons. The fourth-order valence-electron chi connectivity index (χ4n) is 2.55. The number of carbonyl (C=O) groups is 2. The van der Waals surface area contributed by atoms with Crippen LogP contribution in [-0.4, -0.2) is 36.5 Å². The van der Waals surface area contributed by atoms with Gasteiger partial charge >= 0.3 is 5.97 Å². The quantitative estimate of drug-likeness (QED) is 0.780. The third kappa shape index (κ3) is 3.81. The maximum absolute atomic E-state index is 13.3. The molecule has 1 saturated heterocycles. The predicted octanol–water partition coefficient (Wildman–Crippen LogP) is 3.15. The van der Waals surface area contributed by atoms with E-state index >= 15 is 0 Å². The minimum Gasteiger partial charge on any atom is -0.469 e. The van der Waals surface area contributed by atoms with Gasteiger partial charge in [0.1, 0.15) is 5.82 Å². The second-order valence-corrected chi connectivity index (χ2v) is 5.91. The molecule has 0 saturated carbocycles. The maximum atomic E-state index is 13.3. The van der Waals surface area contributed by atoms with Crippen LogP contribution < -0.4 is 0 Å². The zero-order valence-corrected chi connectivity index (χ0v) is 13.4. The summed E-state index contributed by atoms with van der Waals surface area (Å²) in [6.07, 6.45) is 2.87. The molecular weight excluding hydrogens is 341 g/mol. The minimum atomic E-state index is -0.406. The van der Waals surface area contributed by atoms with Crippen molar-refractivity contribution < 1.29 is 18.7 Å². The number of nitrogens with zero attached hydrogens (tertiary/aromatic N) is 1. The third-order valence-electron chi connectivity index (χ3n) is 3.68. The van der Waals surface area contributed by atoms with Crippen LogP contribution in [0, 0.1) is 5.82 Å². The van der Waals surface area contributed by atoms with Crippen molar-refractivity contribution in [3.8, 4) is 0 Å². The Labute approximate surface area is 131 Å². The first-order valence-electron chi connectivity index (χ1n) is 6.85. The second kappa shape index (κ2) is 7.02. The molecule has 1 unspecified atom stereocenters. The van der Waals surface area contributed by atoms with Crippen LogP contribution in [0.2, 0.25) is 0 Å². The first-order chi connectivity index (χ1) is 10.0. The van der Waals surface area contributed by atoms with Gasteiger partial charge in [0.05, 0.1) is 18.0 Å². The zero-order chi connectivity index (χ0) is 15.4. The van der Waals surface area contributed by atoms with Crippen molar-refractivity contribution in [1.82, 2.24) is 4.90 Å². The lowest BCUT2D eigenvalue weighted by molar-refractivity contribution is -0.142. The molecule has 0 aromatic heterocycles. The van der Waals surface area contributed by atoms with Gasteiger partial charge in [-0.05, 0) is 53.4 Å². The summed E-state index contributed by atoms with van der Waals surface area (Å²) < 4.78 is 18.2. The number of ether oxygens (including phenoxy) is 1. The largest absolute Gasteiger partial charge is 0.469 e. The Bertz CT molecular complexity index is 550. The van der Waals surface area contributed by atoms with Gasteiger partial charge in [-0.1, -0.05) is 0 Å². The SMILES string of the molecule is COC(=O)CC1CCCCN1C(=O)c1ccc(F)c(Br)c1. The van der Waals surface area contributed by atoms with Gasteiger partial charge in [0, 0.05) is 18.2 Å². The number of methoxy groups -OCH3 is 1. The number of likely N-dealkylation sites (tertiary alicyclic amines) is 1. The third-order valence-corrected chi connectivity index (χ3v) is 4.29. The summed E-state index contributed by atoms with van der Waals surface area (Å²) in [7, 11) is 1.34. The van der Waals surface area contributed by atoms with Gasteiger partial charge in [0.15, 0.2) is 0 Å². The molecule has 1 aliphatic heterocycles. The lowest BCUT2D eigenvalue weighted by Crippen LogP contribution is -2.44. The Morgan fingerprint density at radius 1 is 1.43 bits per heavy atom. The average Bonchev–Trinajstić information content (AvgIpc) is 2.49. The highest BCUT2D eigenvalue weighted by atomic mass is 79.9. The standard InChI is InChI=1S/C15H17BrFNO3/c1-21-14(19)9-11-4-2-3-7-18(11)15(20)10-5-6-13(17)12(16)8-10/h5-6,8,11H,2-4,7,9H2,1H3. The van der Waals surface area contributed by atoms with E-state index in [0.29, 0.717) is 12.1 Å². The van der Waals surface area contributed by atoms with Gasteiger partial charge < -0.3 is 9.64 Å². The molecule has 0 aliphatic carbocycles. The van der Waals surface area contributed by atoms with Crippen LogP contribution in [0.1, 0.15) is 36.0 Å². The van der Waals surface area contributed by atoms with Gasteiger partial charge in [-0.15, -0.1) is 0 Å². The number of halogens is 2. The van der Waals surface area contributed by atoms with E-state index in [4.69, 9.17) is 0 Å². The highest BCUT2D eigenvalue weighted by Gasteiger charge is 2.29. The highest BCUT2D eigenvalue weighted by Crippen LogP contribution is 2.24. The second-order valence-electron chi connectivity index (χ2n) is 5.06. The van der Waals surface area contributed by atoms with E-state index in [1.807, 2.05) is 0 Å². The van der Waals surface area contributed by atoms with Crippen molar-refractivity contribution in [2.45, 2.75) is 31.7 Å². The Hall–Kier alpha value is -1.43. The molecule has 0 N–H and O–H groups in total. The molecular formula is C15H17BrFNO3. The summed E-state index contributed by atoms with van der Waals surface area (Å²) in [5.74, 6) is -0.902. The maximum Gasteiger partial charge on any atom is 0.307 e. The lowest BCUT2D eigenvalue weighted by Gasteiger charge is -2.35. The summed E-state index contributed by atoms with van der Waals surface area (Å²) in [5.41, 5.74) is 0.417. The summed E-state index contributed by atoms with van der Waals surface area (Å²) in [6, 6.07) is 4.05. The van der Waals surface area contributed by atoms with E-state index < -0.39 is 5.82 Å². The monoisotopic (exact) mass is 357 g/mol. The van der Waals surface area contributed by atoms with Crippen LogP contribution in [-0.2, 0) is 9.53 Å². The Balaban J connectivity index is 2.17. The van der Waals surface area contributed by atoms with Gasteiger partial charge in [-0.25, -0.2) is 4.39 Å². The summed E-state index contributed by atoms with van der Waals surface area (Å²) in [5, 5.41) is 0. The van der Waals surface area contributed by atoms with Crippen molar-refractivity contribution in [3.63, 3.8) is 0 Å². The van der Waals surface area contributed by atoms with Gasteiger partial charge in [0.25, 0.3) is 5.91 Å². The normalized spacial score (nSPS) is 18.4. The summed E-state index contributed by atoms with van der Waals surface area (Å²) >= 11 is 3.09. The van der Waals surface area contributed by atoms with E-state index in [-0.39, 0.29) is 28.8 Å². The van der Waals surface area contributed by atoms with E-state index in [9.17, 15) is 14.0 Å². The van der Waals surface area contributed by atoms with Crippen molar-refractivity contribution in [2.24, 2.45) is 0 Å². The van der Waals surface area contributed by atoms with Crippen LogP contribution >= 0.6 is 15.9 Å².